The van der Waals surface area contributed by atoms with Gasteiger partial charge in [0.05, 0.1) is 25.9 Å². The highest BCUT2D eigenvalue weighted by molar-refractivity contribution is 8.00. The molecule has 1 aromatic heterocycles. The molecular weight excluding hydrogens is 410 g/mol. The Labute approximate surface area is 170 Å². The maximum absolute atomic E-state index is 12.6. The fourth-order valence-electron chi connectivity index (χ4n) is 2.88. The van der Waals surface area contributed by atoms with E-state index in [1.165, 1.54) is 11.3 Å². The van der Waals surface area contributed by atoms with E-state index in [0.29, 0.717) is 15.6 Å². The summed E-state index contributed by atoms with van der Waals surface area (Å²) in [6, 6.07) is 7.20. The zero-order valence-corrected chi connectivity index (χ0v) is 17.2. The van der Waals surface area contributed by atoms with Crippen molar-refractivity contribution in [1.82, 2.24) is 10.9 Å². The summed E-state index contributed by atoms with van der Waals surface area (Å²) in [7, 11) is 0. The van der Waals surface area contributed by atoms with Crippen molar-refractivity contribution in [3.05, 3.63) is 45.3 Å². The third kappa shape index (κ3) is 4.15. The molecule has 1 heterocycles. The monoisotopic (exact) mass is 427 g/mol. The van der Waals surface area contributed by atoms with Crippen LogP contribution in [-0.4, -0.2) is 22.4 Å². The van der Waals surface area contributed by atoms with E-state index in [2.05, 4.69) is 16.2 Å². The molecule has 0 saturated carbocycles. The summed E-state index contributed by atoms with van der Waals surface area (Å²) in [4.78, 5) is 13.2. The van der Waals surface area contributed by atoms with Crippen LogP contribution in [0, 0.1) is 0 Å². The standard InChI is InChI=1S/C17H18ClN3O2S3/c1-25-16-13-9(5-4-8-12(13)22)14(26-16)15(23)20-21-17(24)19-11-7-3-2-6-10(11)18/h2-3,6-7,12,22H,4-5,8H2,1H3,(H,20,23)(H2,19,21,24)/t12-/m0/s1. The lowest BCUT2D eigenvalue weighted by molar-refractivity contribution is 0.0946. The van der Waals surface area contributed by atoms with Crippen LogP contribution in [0.4, 0.5) is 5.69 Å². The number of hydrogen-bond donors (Lipinski definition) is 4. The molecule has 1 aromatic carbocycles. The minimum atomic E-state index is -0.491. The lowest BCUT2D eigenvalue weighted by Crippen LogP contribution is -2.43. The van der Waals surface area contributed by atoms with Gasteiger partial charge in [0.15, 0.2) is 5.11 Å². The molecule has 2 aromatic rings. The first-order valence-electron chi connectivity index (χ1n) is 8.00. The number of carbonyl (C=O) groups excluding carboxylic acids is 1. The number of nitrogens with one attached hydrogen (secondary N) is 3. The first-order valence-corrected chi connectivity index (χ1v) is 10.8. The number of aliphatic hydroxyl groups excluding tert-OH is 1. The maximum atomic E-state index is 12.6. The molecule has 26 heavy (non-hydrogen) atoms. The van der Waals surface area contributed by atoms with E-state index in [1.807, 2.05) is 18.4 Å². The fourth-order valence-corrected chi connectivity index (χ4v) is 5.32. The molecule has 0 radical (unpaired) electrons. The molecular formula is C17H18ClN3O2S3. The SMILES string of the molecule is CSc1sc(C(=O)NNC(=S)Nc2ccccc2Cl)c2c1[C@@H](O)CCC2. The molecule has 0 aliphatic heterocycles. The van der Waals surface area contributed by atoms with Crippen molar-refractivity contribution in [2.45, 2.75) is 29.6 Å². The van der Waals surface area contributed by atoms with Crippen LogP contribution in [0.15, 0.2) is 28.5 Å². The molecule has 3 rings (SSSR count). The minimum Gasteiger partial charge on any atom is -0.388 e. The number of thiophene rings is 1. The zero-order valence-electron chi connectivity index (χ0n) is 14.0. The van der Waals surface area contributed by atoms with Crippen LogP contribution in [0.5, 0.6) is 0 Å². The van der Waals surface area contributed by atoms with Gasteiger partial charge in [-0.2, -0.15) is 0 Å². The van der Waals surface area contributed by atoms with Crippen LogP contribution >= 0.6 is 46.9 Å². The Morgan fingerprint density at radius 1 is 1.38 bits per heavy atom. The van der Waals surface area contributed by atoms with Gasteiger partial charge < -0.3 is 10.4 Å². The minimum absolute atomic E-state index is 0.238. The Kier molecular flexibility index (Phi) is 6.42. The van der Waals surface area contributed by atoms with Crippen molar-refractivity contribution in [3.8, 4) is 0 Å². The van der Waals surface area contributed by atoms with E-state index in [9.17, 15) is 9.90 Å². The number of anilines is 1. The highest BCUT2D eigenvalue weighted by atomic mass is 35.5. The molecule has 0 bridgehead atoms. The highest BCUT2D eigenvalue weighted by Crippen LogP contribution is 2.43. The van der Waals surface area contributed by atoms with Crippen LogP contribution in [0.1, 0.15) is 39.7 Å². The van der Waals surface area contributed by atoms with Crippen molar-refractivity contribution < 1.29 is 9.90 Å². The number of rotatable bonds is 3. The van der Waals surface area contributed by atoms with E-state index in [-0.39, 0.29) is 11.0 Å². The van der Waals surface area contributed by atoms with Gasteiger partial charge in [0.2, 0.25) is 0 Å². The Morgan fingerprint density at radius 2 is 2.15 bits per heavy atom. The topological polar surface area (TPSA) is 73.4 Å². The van der Waals surface area contributed by atoms with E-state index >= 15 is 0 Å². The van der Waals surface area contributed by atoms with E-state index in [0.717, 1.165) is 34.6 Å². The van der Waals surface area contributed by atoms with Crippen LogP contribution < -0.4 is 16.2 Å². The van der Waals surface area contributed by atoms with Crippen molar-refractivity contribution >= 4 is 63.6 Å². The van der Waals surface area contributed by atoms with E-state index in [1.54, 1.807) is 23.9 Å². The Bertz CT molecular complexity index is 841. The van der Waals surface area contributed by atoms with Crippen molar-refractivity contribution in [2.75, 3.05) is 11.6 Å². The summed E-state index contributed by atoms with van der Waals surface area (Å²) in [6.07, 6.45) is 3.88. The van der Waals surface area contributed by atoms with Gasteiger partial charge >= 0.3 is 0 Å². The molecule has 5 nitrogen and oxygen atoms in total. The summed E-state index contributed by atoms with van der Waals surface area (Å²) in [6.45, 7) is 0. The summed E-state index contributed by atoms with van der Waals surface area (Å²) < 4.78 is 0.995. The molecule has 0 spiro atoms. The molecule has 9 heteroatoms. The fraction of sp³-hybridized carbons (Fsp3) is 0.294. The highest BCUT2D eigenvalue weighted by Gasteiger charge is 2.29. The predicted molar refractivity (Wildman–Crippen MR) is 112 cm³/mol. The van der Waals surface area contributed by atoms with Crippen LogP contribution in [0.25, 0.3) is 0 Å². The van der Waals surface area contributed by atoms with E-state index in [4.69, 9.17) is 23.8 Å². The number of fused-ring (bicyclic) bond motifs is 1. The van der Waals surface area contributed by atoms with Crippen LogP contribution in [0.3, 0.4) is 0 Å². The zero-order chi connectivity index (χ0) is 18.7. The molecule has 138 valence electrons. The largest absolute Gasteiger partial charge is 0.388 e. The Morgan fingerprint density at radius 3 is 2.88 bits per heavy atom. The van der Waals surface area contributed by atoms with Crippen LogP contribution in [-0.2, 0) is 6.42 Å². The van der Waals surface area contributed by atoms with Crippen molar-refractivity contribution in [1.29, 1.82) is 0 Å². The van der Waals surface area contributed by atoms with Gasteiger partial charge in [-0.15, -0.1) is 23.1 Å². The summed E-state index contributed by atoms with van der Waals surface area (Å²) in [5.74, 6) is -0.260. The average molecular weight is 428 g/mol. The van der Waals surface area contributed by atoms with E-state index < -0.39 is 6.10 Å². The number of halogens is 1. The number of thiocarbonyl (C=S) groups is 1. The second-order valence-electron chi connectivity index (χ2n) is 5.74. The number of hydrogen-bond acceptors (Lipinski definition) is 5. The summed E-state index contributed by atoms with van der Waals surface area (Å²) in [5.41, 5.74) is 7.84. The third-order valence-electron chi connectivity index (χ3n) is 4.05. The molecule has 4 N–H and O–H groups in total. The Hall–Kier alpha value is -1.32. The van der Waals surface area contributed by atoms with Gasteiger partial charge in [-0.3, -0.25) is 15.6 Å². The lowest BCUT2D eigenvalue weighted by atomic mass is 9.91. The average Bonchev–Trinajstić information content (AvgIpc) is 3.02. The Balaban J connectivity index is 1.67. The quantitative estimate of drug-likeness (QED) is 0.335. The van der Waals surface area contributed by atoms with Gasteiger partial charge in [0.1, 0.15) is 0 Å². The molecule has 1 amide bonds. The van der Waals surface area contributed by atoms with Crippen LogP contribution in [0.2, 0.25) is 5.02 Å². The number of amides is 1. The molecule has 1 aliphatic carbocycles. The van der Waals surface area contributed by atoms with Gasteiger partial charge in [0, 0.05) is 5.56 Å². The predicted octanol–water partition coefficient (Wildman–Crippen LogP) is 4.12. The first kappa shape index (κ1) is 19.4. The van der Waals surface area contributed by atoms with Gasteiger partial charge in [0.25, 0.3) is 5.91 Å². The summed E-state index contributed by atoms with van der Waals surface area (Å²) in [5, 5.41) is 14.0. The number of aliphatic hydroxyl groups is 1. The maximum Gasteiger partial charge on any atom is 0.280 e. The molecule has 1 atom stereocenters. The number of thioether (sulfide) groups is 1. The number of hydrazine groups is 1. The molecule has 0 fully saturated rings. The third-order valence-corrected chi connectivity index (χ3v) is 6.97. The van der Waals surface area contributed by atoms with Gasteiger partial charge in [-0.05, 0) is 55.4 Å². The lowest BCUT2D eigenvalue weighted by Gasteiger charge is -2.19. The number of para-hydroxylation sites is 1. The molecule has 0 saturated heterocycles. The normalized spacial score (nSPS) is 15.9. The van der Waals surface area contributed by atoms with Crippen molar-refractivity contribution in [3.63, 3.8) is 0 Å². The second kappa shape index (κ2) is 8.58. The first-order chi connectivity index (χ1) is 12.5. The molecule has 1 aliphatic rings. The second-order valence-corrected chi connectivity index (χ2v) is 8.65. The number of carbonyl (C=O) groups is 1. The number of benzene rings is 1. The van der Waals surface area contributed by atoms with Gasteiger partial charge in [-0.1, -0.05) is 23.7 Å². The summed E-state index contributed by atoms with van der Waals surface area (Å²) >= 11 is 14.2. The molecule has 0 unspecified atom stereocenters. The van der Waals surface area contributed by atoms with Crippen molar-refractivity contribution in [2.24, 2.45) is 0 Å². The van der Waals surface area contributed by atoms with Gasteiger partial charge in [-0.25, -0.2) is 0 Å². The smallest absolute Gasteiger partial charge is 0.280 e.